The number of rotatable bonds is 4. The van der Waals surface area contributed by atoms with Crippen molar-refractivity contribution in [2.24, 2.45) is 11.8 Å². The maximum Gasteiger partial charge on any atom is 0.0669 e. The van der Waals surface area contributed by atoms with Crippen LogP contribution in [0.5, 0.6) is 0 Å². The molecule has 3 atom stereocenters. The Bertz CT molecular complexity index is 262. The van der Waals surface area contributed by atoms with Crippen LogP contribution in [0.2, 0.25) is 0 Å². The molecule has 2 saturated carbocycles. The second-order valence-electron chi connectivity index (χ2n) is 6.94. The summed E-state index contributed by atoms with van der Waals surface area (Å²) in [6.45, 7) is 2.20. The van der Waals surface area contributed by atoms with Crippen LogP contribution in [0, 0.1) is 11.8 Å². The maximum absolute atomic E-state index is 10.3. The molecule has 18 heavy (non-hydrogen) atoms. The fraction of sp³-hybridized carbons (Fsp3) is 1.00. The van der Waals surface area contributed by atoms with Gasteiger partial charge in [0.15, 0.2) is 0 Å². The summed E-state index contributed by atoms with van der Waals surface area (Å²) < 4.78 is 0. The van der Waals surface area contributed by atoms with E-state index in [-0.39, 0.29) is 6.10 Å². The smallest absolute Gasteiger partial charge is 0.0669 e. The lowest BCUT2D eigenvalue weighted by Gasteiger charge is -2.33. The lowest BCUT2D eigenvalue weighted by atomic mass is 9.85. The number of likely N-dealkylation sites (tertiary alicyclic amines) is 1. The van der Waals surface area contributed by atoms with Gasteiger partial charge in [0.1, 0.15) is 0 Å². The van der Waals surface area contributed by atoms with Crippen LogP contribution < -0.4 is 0 Å². The van der Waals surface area contributed by atoms with Crippen molar-refractivity contribution < 1.29 is 5.11 Å². The Kier molecular flexibility index (Phi) is 4.25. The Morgan fingerprint density at radius 2 is 1.67 bits per heavy atom. The molecule has 1 aliphatic heterocycles. The summed E-state index contributed by atoms with van der Waals surface area (Å²) in [5.41, 5.74) is 0. The number of aliphatic hydroxyl groups is 1. The Labute approximate surface area is 112 Å². The standard InChI is InChI=1S/C16H29NO/c18-15(11-13-5-1-2-6-13)12-17-10-9-14-7-3-4-8-16(14)17/h13-16,18H,1-12H2. The molecular weight excluding hydrogens is 222 g/mol. The van der Waals surface area contributed by atoms with Crippen LogP contribution in [0.4, 0.5) is 0 Å². The fourth-order valence-electron chi connectivity index (χ4n) is 4.71. The van der Waals surface area contributed by atoms with E-state index in [1.54, 1.807) is 0 Å². The van der Waals surface area contributed by atoms with Crippen molar-refractivity contribution in [3.05, 3.63) is 0 Å². The Balaban J connectivity index is 1.46. The zero-order valence-electron chi connectivity index (χ0n) is 11.7. The topological polar surface area (TPSA) is 23.5 Å². The normalized spacial score (nSPS) is 35.8. The third-order valence-electron chi connectivity index (χ3n) is 5.65. The predicted octanol–water partition coefficient (Wildman–Crippen LogP) is 3.19. The van der Waals surface area contributed by atoms with E-state index in [4.69, 9.17) is 0 Å². The summed E-state index contributed by atoms with van der Waals surface area (Å²) in [4.78, 5) is 2.61. The lowest BCUT2D eigenvalue weighted by molar-refractivity contribution is 0.0730. The van der Waals surface area contributed by atoms with Crippen LogP contribution in [0.3, 0.4) is 0 Å². The maximum atomic E-state index is 10.3. The van der Waals surface area contributed by atoms with Crippen molar-refractivity contribution in [1.82, 2.24) is 4.90 Å². The van der Waals surface area contributed by atoms with Crippen molar-refractivity contribution in [2.45, 2.75) is 76.4 Å². The van der Waals surface area contributed by atoms with E-state index in [0.717, 1.165) is 30.8 Å². The largest absolute Gasteiger partial charge is 0.392 e. The van der Waals surface area contributed by atoms with Crippen molar-refractivity contribution in [2.75, 3.05) is 13.1 Å². The van der Waals surface area contributed by atoms with E-state index in [2.05, 4.69) is 4.90 Å². The van der Waals surface area contributed by atoms with Crippen molar-refractivity contribution in [1.29, 1.82) is 0 Å². The van der Waals surface area contributed by atoms with Gasteiger partial charge in [0.2, 0.25) is 0 Å². The minimum Gasteiger partial charge on any atom is -0.392 e. The lowest BCUT2D eigenvalue weighted by Crippen LogP contribution is -2.40. The van der Waals surface area contributed by atoms with E-state index in [9.17, 15) is 5.11 Å². The first-order chi connectivity index (χ1) is 8.83. The molecule has 2 heteroatoms. The van der Waals surface area contributed by atoms with Crippen LogP contribution in [-0.2, 0) is 0 Å². The quantitative estimate of drug-likeness (QED) is 0.829. The molecule has 3 unspecified atom stereocenters. The van der Waals surface area contributed by atoms with Crippen molar-refractivity contribution in [3.63, 3.8) is 0 Å². The summed E-state index contributed by atoms with van der Waals surface area (Å²) in [6.07, 6.45) is 13.6. The fourth-order valence-corrected chi connectivity index (χ4v) is 4.71. The number of hydrogen-bond donors (Lipinski definition) is 1. The van der Waals surface area contributed by atoms with Gasteiger partial charge in [-0.05, 0) is 44.1 Å². The van der Waals surface area contributed by atoms with E-state index < -0.39 is 0 Å². The average molecular weight is 251 g/mol. The summed E-state index contributed by atoms with van der Waals surface area (Å²) in [7, 11) is 0. The van der Waals surface area contributed by atoms with E-state index in [1.807, 2.05) is 0 Å². The van der Waals surface area contributed by atoms with Crippen LogP contribution in [0.1, 0.15) is 64.2 Å². The first kappa shape index (κ1) is 12.9. The highest BCUT2D eigenvalue weighted by atomic mass is 16.3. The van der Waals surface area contributed by atoms with Gasteiger partial charge >= 0.3 is 0 Å². The highest BCUT2D eigenvalue weighted by Gasteiger charge is 2.36. The highest BCUT2D eigenvalue weighted by molar-refractivity contribution is 4.90. The minimum absolute atomic E-state index is 0.0613. The molecule has 0 radical (unpaired) electrons. The zero-order chi connectivity index (χ0) is 12.4. The van der Waals surface area contributed by atoms with Gasteiger partial charge in [-0.15, -0.1) is 0 Å². The number of β-amino-alcohol motifs (C(OH)–C–C–N with tert-alkyl or cyclic N) is 1. The van der Waals surface area contributed by atoms with Gasteiger partial charge in [0, 0.05) is 12.6 Å². The molecular formula is C16H29NO. The van der Waals surface area contributed by atoms with Gasteiger partial charge in [-0.1, -0.05) is 38.5 Å². The molecule has 0 bridgehead atoms. The molecule has 1 saturated heterocycles. The molecule has 3 aliphatic rings. The molecule has 0 aromatic heterocycles. The van der Waals surface area contributed by atoms with Gasteiger partial charge in [-0.25, -0.2) is 0 Å². The highest BCUT2D eigenvalue weighted by Crippen LogP contribution is 2.36. The zero-order valence-corrected chi connectivity index (χ0v) is 11.7. The van der Waals surface area contributed by atoms with Crippen LogP contribution >= 0.6 is 0 Å². The molecule has 104 valence electrons. The predicted molar refractivity (Wildman–Crippen MR) is 74.5 cm³/mol. The number of nitrogens with zero attached hydrogens (tertiary/aromatic N) is 1. The Hall–Kier alpha value is -0.0800. The third kappa shape index (κ3) is 2.91. The van der Waals surface area contributed by atoms with E-state index in [1.165, 1.54) is 64.3 Å². The van der Waals surface area contributed by atoms with E-state index >= 15 is 0 Å². The van der Waals surface area contributed by atoms with Gasteiger partial charge in [0.05, 0.1) is 6.10 Å². The third-order valence-corrected chi connectivity index (χ3v) is 5.65. The van der Waals surface area contributed by atoms with Crippen LogP contribution in [0.15, 0.2) is 0 Å². The first-order valence-corrected chi connectivity index (χ1v) is 8.25. The first-order valence-electron chi connectivity index (χ1n) is 8.25. The van der Waals surface area contributed by atoms with Gasteiger partial charge in [0.25, 0.3) is 0 Å². The molecule has 2 nitrogen and oxygen atoms in total. The van der Waals surface area contributed by atoms with Crippen LogP contribution in [0.25, 0.3) is 0 Å². The Morgan fingerprint density at radius 1 is 0.944 bits per heavy atom. The second kappa shape index (κ2) is 5.92. The Morgan fingerprint density at radius 3 is 2.50 bits per heavy atom. The molecule has 1 N–H and O–H groups in total. The summed E-state index contributed by atoms with van der Waals surface area (Å²) in [5, 5.41) is 10.3. The van der Waals surface area contributed by atoms with Gasteiger partial charge in [-0.2, -0.15) is 0 Å². The number of fused-ring (bicyclic) bond motifs is 1. The van der Waals surface area contributed by atoms with Gasteiger partial charge in [-0.3, -0.25) is 4.90 Å². The van der Waals surface area contributed by atoms with Crippen LogP contribution in [-0.4, -0.2) is 35.2 Å². The van der Waals surface area contributed by atoms with Crippen molar-refractivity contribution in [3.8, 4) is 0 Å². The molecule has 0 amide bonds. The SMILES string of the molecule is OC(CC1CCCC1)CN1CCC2CCCCC21. The molecule has 1 heterocycles. The summed E-state index contributed by atoms with van der Waals surface area (Å²) in [6, 6.07) is 0.817. The molecule has 3 rings (SSSR count). The molecule has 0 aromatic carbocycles. The summed E-state index contributed by atoms with van der Waals surface area (Å²) >= 11 is 0. The monoisotopic (exact) mass is 251 g/mol. The number of hydrogen-bond acceptors (Lipinski definition) is 2. The van der Waals surface area contributed by atoms with E-state index in [0.29, 0.717) is 0 Å². The van der Waals surface area contributed by atoms with Gasteiger partial charge < -0.3 is 5.11 Å². The van der Waals surface area contributed by atoms with Crippen molar-refractivity contribution >= 4 is 0 Å². The minimum atomic E-state index is -0.0613. The number of aliphatic hydroxyl groups excluding tert-OH is 1. The average Bonchev–Trinajstić information content (AvgIpc) is 3.00. The second-order valence-corrected chi connectivity index (χ2v) is 6.94. The molecule has 2 aliphatic carbocycles. The molecule has 0 aromatic rings. The molecule has 0 spiro atoms. The summed E-state index contributed by atoms with van der Waals surface area (Å²) in [5.74, 6) is 1.78. The molecule has 3 fully saturated rings.